The number of unbranched alkanes of at least 4 members (excludes halogenated alkanes) is 2. The Bertz CT molecular complexity index is 25.3. The standard InChI is InChI=1S/C5H14N2/c1-2-3-4-5-7-6/h2-5H2,1,6H3. The van der Waals surface area contributed by atoms with Gasteiger partial charge < -0.3 is 11.3 Å². The lowest BCUT2D eigenvalue weighted by atomic mass is 10.3. The fourth-order valence-corrected chi connectivity index (χ4v) is 0.474. The molecular formula is C5H14N2. The molecule has 0 rings (SSSR count). The SMILES string of the molecule is CCCCC[N-][NH3+]. The van der Waals surface area contributed by atoms with Crippen LogP contribution in [-0.4, -0.2) is 6.54 Å². The van der Waals surface area contributed by atoms with Crippen molar-refractivity contribution in [1.82, 2.24) is 0 Å². The van der Waals surface area contributed by atoms with Crippen LogP contribution in [0.2, 0.25) is 0 Å². The number of hydrogen-bond acceptors (Lipinski definition) is 0. The Morgan fingerprint density at radius 2 is 2.14 bits per heavy atom. The van der Waals surface area contributed by atoms with Crippen molar-refractivity contribution in [1.29, 1.82) is 0 Å². The molecule has 3 N–H and O–H groups in total. The van der Waals surface area contributed by atoms with Crippen LogP contribution in [0.25, 0.3) is 5.43 Å². The predicted molar refractivity (Wildman–Crippen MR) is 30.6 cm³/mol. The number of hydrogen-bond donors (Lipinski definition) is 1. The fourth-order valence-electron chi connectivity index (χ4n) is 0.474. The van der Waals surface area contributed by atoms with Crippen molar-refractivity contribution in [3.63, 3.8) is 0 Å². The third-order valence-electron chi connectivity index (χ3n) is 0.920. The van der Waals surface area contributed by atoms with Crippen LogP contribution in [0.1, 0.15) is 26.2 Å². The molecule has 0 saturated heterocycles. The zero-order valence-corrected chi connectivity index (χ0v) is 4.98. The normalized spacial score (nSPS) is 9.43. The Morgan fingerprint density at radius 3 is 2.57 bits per heavy atom. The second-order valence-electron chi connectivity index (χ2n) is 1.65. The van der Waals surface area contributed by atoms with Gasteiger partial charge in [-0.05, 0) is 0 Å². The van der Waals surface area contributed by atoms with Gasteiger partial charge in [0.05, 0.1) is 0 Å². The second-order valence-corrected chi connectivity index (χ2v) is 1.65. The highest BCUT2D eigenvalue weighted by atomic mass is 15.2. The first-order valence-corrected chi connectivity index (χ1v) is 2.84. The van der Waals surface area contributed by atoms with E-state index in [2.05, 4.69) is 18.2 Å². The summed E-state index contributed by atoms with van der Waals surface area (Å²) in [5.41, 5.74) is 3.72. The molecule has 0 aliphatic heterocycles. The van der Waals surface area contributed by atoms with Crippen LogP contribution in [0, 0.1) is 0 Å². The first-order valence-electron chi connectivity index (χ1n) is 2.84. The third-order valence-corrected chi connectivity index (χ3v) is 0.920. The Hall–Kier alpha value is -0.0800. The summed E-state index contributed by atoms with van der Waals surface area (Å²) >= 11 is 0. The van der Waals surface area contributed by atoms with Crippen LogP contribution in [-0.2, 0) is 0 Å². The Balaban J connectivity index is 2.45. The summed E-state index contributed by atoms with van der Waals surface area (Å²) in [5.74, 6) is 3.38. The predicted octanol–water partition coefficient (Wildman–Crippen LogP) is 0.707. The van der Waals surface area contributed by atoms with E-state index >= 15 is 0 Å². The van der Waals surface area contributed by atoms with E-state index in [9.17, 15) is 0 Å². The van der Waals surface area contributed by atoms with Crippen LogP contribution in [0.5, 0.6) is 0 Å². The maximum Gasteiger partial charge on any atom is -0.0551 e. The van der Waals surface area contributed by atoms with Gasteiger partial charge in [-0.2, -0.15) is 0 Å². The van der Waals surface area contributed by atoms with Crippen molar-refractivity contribution in [3.05, 3.63) is 5.43 Å². The zero-order valence-electron chi connectivity index (χ0n) is 4.98. The lowest BCUT2D eigenvalue weighted by Gasteiger charge is -2.02. The summed E-state index contributed by atoms with van der Waals surface area (Å²) in [6.07, 6.45) is 3.77. The molecule has 0 aromatic heterocycles. The molecule has 2 heteroatoms. The van der Waals surface area contributed by atoms with Crippen molar-refractivity contribution in [2.45, 2.75) is 26.2 Å². The smallest absolute Gasteiger partial charge is 0.0551 e. The van der Waals surface area contributed by atoms with Crippen LogP contribution in [0.3, 0.4) is 0 Å². The molecule has 0 unspecified atom stereocenters. The first-order chi connectivity index (χ1) is 3.41. The van der Waals surface area contributed by atoms with Crippen molar-refractivity contribution in [3.8, 4) is 0 Å². The van der Waals surface area contributed by atoms with Crippen LogP contribution in [0.15, 0.2) is 0 Å². The Kier molecular flexibility index (Phi) is 5.85. The molecule has 0 aliphatic carbocycles. The van der Waals surface area contributed by atoms with Crippen molar-refractivity contribution in [2.75, 3.05) is 6.54 Å². The molecule has 0 radical (unpaired) electrons. The monoisotopic (exact) mass is 102 g/mol. The molecule has 0 aromatic rings. The van der Waals surface area contributed by atoms with Crippen LogP contribution < -0.4 is 5.84 Å². The van der Waals surface area contributed by atoms with E-state index in [4.69, 9.17) is 0 Å². The number of nitrogens with zero attached hydrogens (tertiary/aromatic N) is 1. The Labute approximate surface area is 45.1 Å². The topological polar surface area (TPSA) is 41.7 Å². The molecule has 0 saturated carbocycles. The molecule has 0 bridgehead atoms. The van der Waals surface area contributed by atoms with Gasteiger partial charge >= 0.3 is 0 Å². The average molecular weight is 102 g/mol. The summed E-state index contributed by atoms with van der Waals surface area (Å²) in [5, 5.41) is 0. The largest absolute Gasteiger partial charge is 0.458 e. The quantitative estimate of drug-likeness (QED) is 0.401. The van der Waals surface area contributed by atoms with Gasteiger partial charge in [0.25, 0.3) is 0 Å². The molecule has 0 heterocycles. The molecule has 2 nitrogen and oxygen atoms in total. The minimum Gasteiger partial charge on any atom is -0.458 e. The van der Waals surface area contributed by atoms with Gasteiger partial charge in [0.15, 0.2) is 0 Å². The minimum atomic E-state index is 0.938. The van der Waals surface area contributed by atoms with E-state index in [1.807, 2.05) is 0 Å². The highest BCUT2D eigenvalue weighted by molar-refractivity contribution is 4.55. The average Bonchev–Trinajstić information content (AvgIpc) is 1.69. The van der Waals surface area contributed by atoms with E-state index in [0.29, 0.717) is 0 Å². The summed E-state index contributed by atoms with van der Waals surface area (Å²) < 4.78 is 0. The fraction of sp³-hybridized carbons (Fsp3) is 1.00. The van der Waals surface area contributed by atoms with E-state index in [0.717, 1.165) is 6.54 Å². The van der Waals surface area contributed by atoms with Gasteiger partial charge in [-0.15, -0.1) is 6.54 Å². The third kappa shape index (κ3) is 5.92. The highest BCUT2D eigenvalue weighted by Gasteiger charge is 1.74. The summed E-state index contributed by atoms with van der Waals surface area (Å²) in [7, 11) is 0. The summed E-state index contributed by atoms with van der Waals surface area (Å²) in [6, 6.07) is 0. The molecule has 0 atom stereocenters. The number of quaternary nitrogens is 1. The van der Waals surface area contributed by atoms with E-state index in [1.165, 1.54) is 19.3 Å². The molecule has 0 spiro atoms. The van der Waals surface area contributed by atoms with Gasteiger partial charge in [-0.25, -0.2) is 0 Å². The summed E-state index contributed by atoms with van der Waals surface area (Å²) in [6.45, 7) is 3.12. The Morgan fingerprint density at radius 1 is 1.43 bits per heavy atom. The first kappa shape index (κ1) is 6.92. The maximum absolute atomic E-state index is 3.72. The maximum atomic E-state index is 3.72. The number of rotatable bonds is 4. The molecule has 7 heavy (non-hydrogen) atoms. The van der Waals surface area contributed by atoms with Crippen LogP contribution in [0.4, 0.5) is 0 Å². The van der Waals surface area contributed by atoms with Crippen molar-refractivity contribution < 1.29 is 5.84 Å². The van der Waals surface area contributed by atoms with Crippen LogP contribution >= 0.6 is 0 Å². The highest BCUT2D eigenvalue weighted by Crippen LogP contribution is 1.92. The molecular weight excluding hydrogens is 88.1 g/mol. The van der Waals surface area contributed by atoms with Gasteiger partial charge in [0.2, 0.25) is 0 Å². The molecule has 0 fully saturated rings. The molecule has 0 amide bonds. The van der Waals surface area contributed by atoms with E-state index in [-0.39, 0.29) is 0 Å². The van der Waals surface area contributed by atoms with E-state index in [1.54, 1.807) is 0 Å². The summed E-state index contributed by atoms with van der Waals surface area (Å²) in [4.78, 5) is 0. The van der Waals surface area contributed by atoms with Crippen molar-refractivity contribution in [2.24, 2.45) is 0 Å². The lowest BCUT2D eigenvalue weighted by Crippen LogP contribution is -2.42. The van der Waals surface area contributed by atoms with Crippen molar-refractivity contribution >= 4 is 0 Å². The van der Waals surface area contributed by atoms with Gasteiger partial charge in [0, 0.05) is 0 Å². The van der Waals surface area contributed by atoms with Gasteiger partial charge in [-0.1, -0.05) is 26.2 Å². The van der Waals surface area contributed by atoms with Gasteiger partial charge in [-0.3, -0.25) is 0 Å². The zero-order chi connectivity index (χ0) is 5.54. The molecule has 44 valence electrons. The minimum absolute atomic E-state index is 0.938. The second kappa shape index (κ2) is 5.92. The van der Waals surface area contributed by atoms with E-state index < -0.39 is 0 Å². The van der Waals surface area contributed by atoms with Gasteiger partial charge in [0.1, 0.15) is 0 Å². The lowest BCUT2D eigenvalue weighted by molar-refractivity contribution is -0.304. The molecule has 0 aliphatic rings. The molecule has 0 aromatic carbocycles.